The van der Waals surface area contributed by atoms with Crippen molar-refractivity contribution in [2.75, 3.05) is 24.1 Å². The van der Waals surface area contributed by atoms with Crippen LogP contribution in [0.4, 0.5) is 0 Å². The third kappa shape index (κ3) is 3.60. The van der Waals surface area contributed by atoms with Gasteiger partial charge in [0.05, 0.1) is 0 Å². The molecule has 21 heavy (non-hydrogen) atoms. The number of benzene rings is 1. The molecule has 3 atom stereocenters. The number of hydrogen-bond acceptors (Lipinski definition) is 3. The molecule has 0 spiro atoms. The van der Waals surface area contributed by atoms with Crippen LogP contribution in [0.25, 0.3) is 0 Å². The van der Waals surface area contributed by atoms with Gasteiger partial charge in [0.15, 0.2) is 0 Å². The average Bonchev–Trinajstić information content (AvgIpc) is 3.08. The van der Waals surface area contributed by atoms with Gasteiger partial charge >= 0.3 is 141 Å². The van der Waals surface area contributed by atoms with Gasteiger partial charge in [-0.2, -0.15) is 0 Å². The van der Waals surface area contributed by atoms with Crippen LogP contribution in [0.2, 0.25) is 5.02 Å². The molecule has 0 bridgehead atoms. The van der Waals surface area contributed by atoms with Gasteiger partial charge in [-0.3, -0.25) is 0 Å². The van der Waals surface area contributed by atoms with Gasteiger partial charge in [-0.1, -0.05) is 0 Å². The van der Waals surface area contributed by atoms with Crippen molar-refractivity contribution in [3.05, 3.63) is 34.9 Å². The third-order valence-electron chi connectivity index (χ3n) is 4.33. The molecule has 0 saturated carbocycles. The molecule has 2 saturated heterocycles. The van der Waals surface area contributed by atoms with E-state index in [0.717, 1.165) is 29.5 Å². The van der Waals surface area contributed by atoms with E-state index in [-0.39, 0.29) is 36.6 Å². The number of Topliss-reactive ketones (excluding diaryl/α,β-unsaturated/α-hetero) is 1. The van der Waals surface area contributed by atoms with Crippen LogP contribution in [0.5, 0.6) is 0 Å². The monoisotopic (exact) mass is 420 g/mol. The summed E-state index contributed by atoms with van der Waals surface area (Å²) in [5.74, 6) is 0.304. The zero-order chi connectivity index (χ0) is 15.0. The second-order valence-electron chi connectivity index (χ2n) is 6.14. The molecule has 0 amide bonds. The molecular formula is C16H20ClINO2-. The number of aliphatic hydroxyl groups excluding tert-OH is 1. The molecule has 2 unspecified atom stereocenters. The second-order valence-corrected chi connectivity index (χ2v) is 10.5. The molecule has 5 heteroatoms. The van der Waals surface area contributed by atoms with Gasteiger partial charge in [0.1, 0.15) is 0 Å². The Morgan fingerprint density at radius 3 is 2.71 bits per heavy atom. The number of aliphatic hydroxyl groups is 1. The number of carbonyl (C=O) groups excluding carboxylic acids is 1. The van der Waals surface area contributed by atoms with Crippen LogP contribution in [-0.2, 0) is 4.79 Å². The Morgan fingerprint density at radius 1 is 1.52 bits per heavy atom. The van der Waals surface area contributed by atoms with Crippen molar-refractivity contribution in [1.82, 2.24) is 4.90 Å². The molecule has 0 aliphatic carbocycles. The van der Waals surface area contributed by atoms with Gasteiger partial charge in [0.25, 0.3) is 0 Å². The zero-order valence-corrected chi connectivity index (χ0v) is 15.0. The Labute approximate surface area is 140 Å². The minimum atomic E-state index is -0.241. The van der Waals surface area contributed by atoms with Crippen molar-refractivity contribution in [1.29, 1.82) is 0 Å². The van der Waals surface area contributed by atoms with E-state index in [1.807, 2.05) is 24.3 Å². The van der Waals surface area contributed by atoms with Gasteiger partial charge in [0.2, 0.25) is 0 Å². The van der Waals surface area contributed by atoms with Crippen molar-refractivity contribution in [3.8, 4) is 0 Å². The van der Waals surface area contributed by atoms with E-state index in [1.165, 1.54) is 0 Å². The molecule has 1 N–H and O–H groups in total. The fourth-order valence-corrected chi connectivity index (χ4v) is 4.69. The number of carbonyl (C=O) groups is 1. The number of hydrogen-bond donors (Lipinski definition) is 1. The first-order valence-electron chi connectivity index (χ1n) is 7.28. The van der Waals surface area contributed by atoms with Crippen molar-refractivity contribution < 1.29 is 31.1 Å². The van der Waals surface area contributed by atoms with Gasteiger partial charge in [-0.25, -0.2) is 0 Å². The van der Waals surface area contributed by atoms with E-state index in [0.29, 0.717) is 17.4 Å². The summed E-state index contributed by atoms with van der Waals surface area (Å²) in [5.41, 5.74) is 1.06. The van der Waals surface area contributed by atoms with E-state index in [1.54, 1.807) is 0 Å². The molecule has 2 fully saturated rings. The SMILES string of the molecule is C[C@@]1(C(=O)C(CN2CCC(O)C2)c2ccc(Cl)cc2)C[I-]1. The predicted octanol–water partition coefficient (Wildman–Crippen LogP) is -1.08. The van der Waals surface area contributed by atoms with Crippen molar-refractivity contribution >= 4 is 17.4 Å². The van der Waals surface area contributed by atoms with Crippen molar-refractivity contribution in [3.63, 3.8) is 0 Å². The molecule has 2 heterocycles. The minimum absolute atomic E-state index is 0.0263. The molecule has 1 aromatic rings. The normalized spacial score (nSPS) is 30.7. The zero-order valence-electron chi connectivity index (χ0n) is 12.1. The molecule has 0 aromatic heterocycles. The molecule has 2 aliphatic heterocycles. The first-order valence-corrected chi connectivity index (χ1v) is 10.3. The molecule has 116 valence electrons. The van der Waals surface area contributed by atoms with Crippen LogP contribution in [0.3, 0.4) is 0 Å². The van der Waals surface area contributed by atoms with Crippen LogP contribution < -0.4 is 21.2 Å². The Hall–Kier alpha value is -0.170. The summed E-state index contributed by atoms with van der Waals surface area (Å²) in [6.45, 7) is 4.40. The number of ketones is 1. The molecule has 3 rings (SSSR count). The maximum atomic E-state index is 12.9. The third-order valence-corrected chi connectivity index (χ3v) is 8.16. The number of likely N-dealkylation sites (tertiary alicyclic amines) is 1. The standard InChI is InChI=1S/C16H20ClINO2/c1-16(10-18-16)15(21)14(9-19-7-6-13(20)8-19)11-2-4-12(17)5-3-11/h2-5,13-14,20H,6-10H2,1H3/q-1/t13?,14?,16-/m0/s1. The van der Waals surface area contributed by atoms with E-state index >= 15 is 0 Å². The molecule has 2 aliphatic rings. The Bertz CT molecular complexity index is 530. The molecule has 3 nitrogen and oxygen atoms in total. The number of rotatable bonds is 5. The van der Waals surface area contributed by atoms with Crippen LogP contribution in [0.15, 0.2) is 24.3 Å². The summed E-state index contributed by atoms with van der Waals surface area (Å²) in [6, 6.07) is 7.67. The summed E-state index contributed by atoms with van der Waals surface area (Å²) in [6.07, 6.45) is 0.570. The summed E-state index contributed by atoms with van der Waals surface area (Å²) in [4.78, 5) is 15.1. The van der Waals surface area contributed by atoms with E-state index in [9.17, 15) is 9.90 Å². The number of halogens is 2. The topological polar surface area (TPSA) is 40.5 Å². The molecule has 0 radical (unpaired) electrons. The summed E-state index contributed by atoms with van der Waals surface area (Å²) >= 11 is 6.01. The van der Waals surface area contributed by atoms with Crippen LogP contribution in [0, 0.1) is 0 Å². The summed E-state index contributed by atoms with van der Waals surface area (Å²) in [7, 11) is 0. The molecule has 1 aromatic carbocycles. The van der Waals surface area contributed by atoms with E-state index in [4.69, 9.17) is 11.6 Å². The first-order chi connectivity index (χ1) is 9.98. The van der Waals surface area contributed by atoms with Gasteiger partial charge in [0, 0.05) is 0 Å². The van der Waals surface area contributed by atoms with Crippen molar-refractivity contribution in [2.24, 2.45) is 0 Å². The molecular weight excluding hydrogens is 401 g/mol. The van der Waals surface area contributed by atoms with E-state index < -0.39 is 0 Å². The first kappa shape index (κ1) is 15.7. The van der Waals surface area contributed by atoms with E-state index in [2.05, 4.69) is 11.8 Å². The van der Waals surface area contributed by atoms with Gasteiger partial charge in [-0.05, 0) is 0 Å². The van der Waals surface area contributed by atoms with Crippen molar-refractivity contribution in [2.45, 2.75) is 28.8 Å². The van der Waals surface area contributed by atoms with Crippen LogP contribution in [-0.4, -0.2) is 49.4 Å². The Morgan fingerprint density at radius 2 is 2.19 bits per heavy atom. The Kier molecular flexibility index (Phi) is 4.60. The Balaban J connectivity index is 1.80. The van der Waals surface area contributed by atoms with Crippen LogP contribution in [0.1, 0.15) is 24.8 Å². The average molecular weight is 421 g/mol. The van der Waals surface area contributed by atoms with Crippen LogP contribution >= 0.6 is 11.6 Å². The summed E-state index contributed by atoms with van der Waals surface area (Å²) in [5, 5.41) is 10.4. The fourth-order valence-electron chi connectivity index (χ4n) is 2.87. The maximum absolute atomic E-state index is 12.9. The number of alkyl halides is 2. The number of nitrogens with zero attached hydrogens (tertiary/aromatic N) is 1. The second kappa shape index (κ2) is 6.14. The quantitative estimate of drug-likeness (QED) is 0.487. The fraction of sp³-hybridized carbons (Fsp3) is 0.562. The van der Waals surface area contributed by atoms with Gasteiger partial charge in [-0.15, -0.1) is 0 Å². The van der Waals surface area contributed by atoms with Gasteiger partial charge < -0.3 is 0 Å². The predicted molar refractivity (Wildman–Crippen MR) is 79.5 cm³/mol. The summed E-state index contributed by atoms with van der Waals surface area (Å²) < 4.78 is 1.08. The number of β-amino-alcohol motifs (C(OH)–C–C–N with tert-alkyl or cyclic N) is 1.